The molecule has 0 radical (unpaired) electrons. The molecule has 0 aliphatic carbocycles. The summed E-state index contributed by atoms with van der Waals surface area (Å²) < 4.78 is 1.84. The topological polar surface area (TPSA) is 64.0 Å². The van der Waals surface area contributed by atoms with Gasteiger partial charge in [-0.2, -0.15) is 4.98 Å². The van der Waals surface area contributed by atoms with Crippen LogP contribution in [0.4, 0.5) is 5.69 Å². The van der Waals surface area contributed by atoms with Crippen LogP contribution in [-0.2, 0) is 11.3 Å². The molecule has 1 heterocycles. The van der Waals surface area contributed by atoms with Gasteiger partial charge in [-0.05, 0) is 18.6 Å². The van der Waals surface area contributed by atoms with Crippen LogP contribution in [0.25, 0.3) is 11.1 Å². The first-order valence-electron chi connectivity index (χ1n) is 8.32. The Morgan fingerprint density at radius 3 is 2.58 bits per heavy atom. The fraction of sp³-hybridized carbons (Fsp3) is 0.150. The molecule has 0 unspecified atom stereocenters. The smallest absolute Gasteiger partial charge is 0.273 e. The maximum atomic E-state index is 12.4. The lowest BCUT2D eigenvalue weighted by Crippen LogP contribution is -2.17. The van der Waals surface area contributed by atoms with Crippen molar-refractivity contribution in [2.75, 3.05) is 11.1 Å². The molecule has 0 aliphatic rings. The van der Waals surface area contributed by atoms with Crippen molar-refractivity contribution in [3.63, 3.8) is 0 Å². The van der Waals surface area contributed by atoms with Gasteiger partial charge in [-0.25, -0.2) is 0 Å². The minimum Gasteiger partial charge on any atom is -0.328 e. The van der Waals surface area contributed by atoms with Crippen molar-refractivity contribution in [3.8, 4) is 11.1 Å². The van der Waals surface area contributed by atoms with Gasteiger partial charge < -0.3 is 9.88 Å². The third kappa shape index (κ3) is 4.40. The second kappa shape index (κ2) is 8.49. The first-order chi connectivity index (χ1) is 12.7. The summed E-state index contributed by atoms with van der Waals surface area (Å²) in [6, 6.07) is 19.0. The highest BCUT2D eigenvalue weighted by Crippen LogP contribution is 2.27. The Bertz CT molecular complexity index is 955. The fourth-order valence-electron chi connectivity index (χ4n) is 2.55. The molecule has 1 N–H and O–H groups in total. The molecular weight excluding hydrogens is 346 g/mol. The van der Waals surface area contributed by atoms with Gasteiger partial charge in [0.1, 0.15) is 0 Å². The molecule has 6 heteroatoms. The standard InChI is InChI=1S/C20H19N3O2S/c1-2-23-13-12-18(24)22-20(23)26-14-19(25)21-17-11-7-6-10-16(17)15-8-4-3-5-9-15/h3-13H,2,14H2,1H3,(H,21,25). The molecule has 1 aromatic heterocycles. The van der Waals surface area contributed by atoms with E-state index in [1.54, 1.807) is 6.20 Å². The van der Waals surface area contributed by atoms with Crippen LogP contribution in [0.3, 0.4) is 0 Å². The Morgan fingerprint density at radius 1 is 1.08 bits per heavy atom. The SMILES string of the molecule is CCn1ccc(=O)nc1SCC(=O)Nc1ccccc1-c1ccccc1. The second-order valence-corrected chi connectivity index (χ2v) is 6.53. The summed E-state index contributed by atoms with van der Waals surface area (Å²) in [5, 5.41) is 3.50. The molecule has 0 saturated carbocycles. The molecule has 0 bridgehead atoms. The molecule has 0 saturated heterocycles. The molecule has 1 amide bonds. The van der Waals surface area contributed by atoms with E-state index in [-0.39, 0.29) is 17.2 Å². The maximum Gasteiger partial charge on any atom is 0.273 e. The number of nitrogens with one attached hydrogen (secondary N) is 1. The van der Waals surface area contributed by atoms with Gasteiger partial charge in [0.2, 0.25) is 5.91 Å². The molecule has 5 nitrogen and oxygen atoms in total. The van der Waals surface area contributed by atoms with Crippen LogP contribution in [0.1, 0.15) is 6.92 Å². The van der Waals surface area contributed by atoms with Gasteiger partial charge >= 0.3 is 0 Å². The zero-order valence-electron chi connectivity index (χ0n) is 14.4. The Kier molecular flexibility index (Phi) is 5.86. The average Bonchev–Trinajstić information content (AvgIpc) is 2.67. The van der Waals surface area contributed by atoms with Crippen molar-refractivity contribution >= 4 is 23.4 Å². The van der Waals surface area contributed by atoms with E-state index in [9.17, 15) is 9.59 Å². The zero-order chi connectivity index (χ0) is 18.4. The molecular formula is C20H19N3O2S. The van der Waals surface area contributed by atoms with Gasteiger partial charge in [-0.1, -0.05) is 60.3 Å². The minimum atomic E-state index is -0.299. The average molecular weight is 365 g/mol. The number of amides is 1. The van der Waals surface area contributed by atoms with Gasteiger partial charge in [0.25, 0.3) is 5.56 Å². The molecule has 26 heavy (non-hydrogen) atoms. The first-order valence-corrected chi connectivity index (χ1v) is 9.30. The van der Waals surface area contributed by atoms with Gasteiger partial charge in [0, 0.05) is 30.1 Å². The third-order valence-electron chi connectivity index (χ3n) is 3.81. The van der Waals surface area contributed by atoms with E-state index < -0.39 is 0 Å². The number of thioether (sulfide) groups is 1. The summed E-state index contributed by atoms with van der Waals surface area (Å²) in [5.41, 5.74) is 2.47. The number of anilines is 1. The second-order valence-electron chi connectivity index (χ2n) is 5.58. The highest BCUT2D eigenvalue weighted by Gasteiger charge is 2.10. The van der Waals surface area contributed by atoms with Gasteiger partial charge in [-0.15, -0.1) is 0 Å². The summed E-state index contributed by atoms with van der Waals surface area (Å²) in [6.07, 6.45) is 1.69. The Labute approximate surface area is 156 Å². The van der Waals surface area contributed by atoms with Crippen LogP contribution in [0.15, 0.2) is 76.8 Å². The van der Waals surface area contributed by atoms with E-state index in [2.05, 4.69) is 10.3 Å². The molecule has 3 aromatic rings. The number of nitrogens with zero attached hydrogens (tertiary/aromatic N) is 2. The van der Waals surface area contributed by atoms with Crippen molar-refractivity contribution in [2.24, 2.45) is 0 Å². The van der Waals surface area contributed by atoms with Crippen LogP contribution in [0.5, 0.6) is 0 Å². The largest absolute Gasteiger partial charge is 0.328 e. The van der Waals surface area contributed by atoms with Crippen molar-refractivity contribution < 1.29 is 4.79 Å². The van der Waals surface area contributed by atoms with Crippen molar-refractivity contribution in [2.45, 2.75) is 18.6 Å². The van der Waals surface area contributed by atoms with Crippen molar-refractivity contribution in [3.05, 3.63) is 77.2 Å². The molecule has 0 atom stereocenters. The number of para-hydroxylation sites is 1. The van der Waals surface area contributed by atoms with Crippen LogP contribution < -0.4 is 10.9 Å². The molecule has 0 spiro atoms. The van der Waals surface area contributed by atoms with E-state index >= 15 is 0 Å². The number of carbonyl (C=O) groups excluding carboxylic acids is 1. The molecule has 132 valence electrons. The number of benzene rings is 2. The number of carbonyl (C=O) groups is 1. The highest BCUT2D eigenvalue weighted by atomic mass is 32.2. The molecule has 2 aromatic carbocycles. The predicted octanol–water partition coefficient (Wildman–Crippen LogP) is 3.66. The summed E-state index contributed by atoms with van der Waals surface area (Å²) >= 11 is 1.25. The maximum absolute atomic E-state index is 12.4. The summed E-state index contributed by atoms with van der Waals surface area (Å²) in [4.78, 5) is 27.8. The highest BCUT2D eigenvalue weighted by molar-refractivity contribution is 7.99. The van der Waals surface area contributed by atoms with E-state index in [0.717, 1.165) is 16.8 Å². The van der Waals surface area contributed by atoms with Crippen molar-refractivity contribution in [1.82, 2.24) is 9.55 Å². The number of aromatic nitrogens is 2. The lowest BCUT2D eigenvalue weighted by atomic mass is 10.0. The summed E-state index contributed by atoms with van der Waals surface area (Å²) in [5.74, 6) is 0.0404. The van der Waals surface area contributed by atoms with E-state index in [0.29, 0.717) is 11.7 Å². The third-order valence-corrected chi connectivity index (χ3v) is 4.80. The van der Waals surface area contributed by atoms with Gasteiger partial charge in [-0.3, -0.25) is 9.59 Å². The Balaban J connectivity index is 1.72. The Morgan fingerprint density at radius 2 is 1.81 bits per heavy atom. The summed E-state index contributed by atoms with van der Waals surface area (Å²) in [6.45, 7) is 2.65. The van der Waals surface area contributed by atoms with Crippen molar-refractivity contribution in [1.29, 1.82) is 0 Å². The van der Waals surface area contributed by atoms with Crippen LogP contribution >= 0.6 is 11.8 Å². The van der Waals surface area contributed by atoms with Crippen LogP contribution in [0.2, 0.25) is 0 Å². The zero-order valence-corrected chi connectivity index (χ0v) is 15.2. The van der Waals surface area contributed by atoms with E-state index in [1.807, 2.05) is 66.1 Å². The lowest BCUT2D eigenvalue weighted by molar-refractivity contribution is -0.113. The fourth-order valence-corrected chi connectivity index (χ4v) is 3.39. The number of aryl methyl sites for hydroxylation is 1. The van der Waals surface area contributed by atoms with E-state index in [1.165, 1.54) is 17.8 Å². The Hall–Kier alpha value is -2.86. The van der Waals surface area contributed by atoms with Gasteiger partial charge in [0.15, 0.2) is 5.16 Å². The molecule has 0 aliphatic heterocycles. The number of hydrogen-bond donors (Lipinski definition) is 1. The lowest BCUT2D eigenvalue weighted by Gasteiger charge is -2.12. The number of rotatable bonds is 6. The van der Waals surface area contributed by atoms with Gasteiger partial charge in [0.05, 0.1) is 5.75 Å². The predicted molar refractivity (Wildman–Crippen MR) is 105 cm³/mol. The van der Waals surface area contributed by atoms with Crippen LogP contribution in [0, 0.1) is 0 Å². The molecule has 3 rings (SSSR count). The first kappa shape index (κ1) is 17.9. The summed E-state index contributed by atoms with van der Waals surface area (Å²) in [7, 11) is 0. The van der Waals surface area contributed by atoms with Crippen LogP contribution in [-0.4, -0.2) is 21.2 Å². The number of hydrogen-bond acceptors (Lipinski definition) is 4. The normalized spacial score (nSPS) is 10.5. The quantitative estimate of drug-likeness (QED) is 0.535. The monoisotopic (exact) mass is 365 g/mol. The minimum absolute atomic E-state index is 0.140. The molecule has 0 fully saturated rings. The van der Waals surface area contributed by atoms with E-state index in [4.69, 9.17) is 0 Å².